The summed E-state index contributed by atoms with van der Waals surface area (Å²) in [5.74, 6) is 1.75. The minimum Gasteiger partial charge on any atom is -0.338 e. The second-order valence-electron chi connectivity index (χ2n) is 8.97. The third kappa shape index (κ3) is 3.62. The maximum absolute atomic E-state index is 13.3. The van der Waals surface area contributed by atoms with Gasteiger partial charge in [0.15, 0.2) is 0 Å². The van der Waals surface area contributed by atoms with Crippen LogP contribution < -0.4 is 0 Å². The maximum Gasteiger partial charge on any atom is 0.253 e. The molecule has 2 heterocycles. The fourth-order valence-electron chi connectivity index (χ4n) is 5.47. The lowest BCUT2D eigenvalue weighted by Crippen LogP contribution is -2.55. The van der Waals surface area contributed by atoms with Crippen molar-refractivity contribution < 1.29 is 9.59 Å². The number of likely N-dealkylation sites (tertiary alicyclic amines) is 1. The molecule has 2 aromatic carbocycles. The number of piperidine rings is 1. The van der Waals surface area contributed by atoms with Gasteiger partial charge in [-0.3, -0.25) is 9.59 Å². The molecule has 2 aliphatic heterocycles. The molecule has 1 spiro atoms. The Labute approximate surface area is 183 Å². The summed E-state index contributed by atoms with van der Waals surface area (Å²) in [5.41, 5.74) is 0.763. The van der Waals surface area contributed by atoms with Crippen molar-refractivity contribution >= 4 is 34.3 Å². The number of carbonyl (C=O) groups excluding carboxylic acids is 2. The zero-order valence-corrected chi connectivity index (χ0v) is 18.3. The molecule has 3 aliphatic rings. The van der Waals surface area contributed by atoms with Gasteiger partial charge in [0.05, 0.1) is 4.87 Å². The van der Waals surface area contributed by atoms with E-state index in [0.717, 1.165) is 67.4 Å². The van der Waals surface area contributed by atoms with E-state index in [9.17, 15) is 9.59 Å². The first-order chi connectivity index (χ1) is 14.7. The van der Waals surface area contributed by atoms with Gasteiger partial charge in [0.2, 0.25) is 5.91 Å². The fraction of sp³-hybridized carbons (Fsp3) is 0.520. The smallest absolute Gasteiger partial charge is 0.253 e. The topological polar surface area (TPSA) is 40.6 Å². The molecule has 1 aliphatic carbocycles. The highest BCUT2D eigenvalue weighted by molar-refractivity contribution is 8.00. The molecule has 0 unspecified atom stereocenters. The Bertz CT molecular complexity index is 945. The summed E-state index contributed by atoms with van der Waals surface area (Å²) < 4.78 is 0. The normalized spacial score (nSPS) is 22.0. The summed E-state index contributed by atoms with van der Waals surface area (Å²) in [6, 6.07) is 14.1. The van der Waals surface area contributed by atoms with Gasteiger partial charge in [-0.1, -0.05) is 49.6 Å². The first kappa shape index (κ1) is 19.9. The van der Waals surface area contributed by atoms with Gasteiger partial charge >= 0.3 is 0 Å². The van der Waals surface area contributed by atoms with Crippen LogP contribution in [0.15, 0.2) is 42.5 Å². The summed E-state index contributed by atoms with van der Waals surface area (Å²) in [6.45, 7) is 2.33. The minimum atomic E-state index is -0.0886. The van der Waals surface area contributed by atoms with E-state index < -0.39 is 0 Å². The number of benzene rings is 2. The van der Waals surface area contributed by atoms with Crippen molar-refractivity contribution in [2.24, 2.45) is 5.92 Å². The van der Waals surface area contributed by atoms with Crippen molar-refractivity contribution in [3.8, 4) is 0 Å². The Hall–Kier alpha value is -2.01. The van der Waals surface area contributed by atoms with E-state index in [1.165, 1.54) is 19.3 Å². The molecule has 5 heteroatoms. The predicted molar refractivity (Wildman–Crippen MR) is 123 cm³/mol. The third-order valence-corrected chi connectivity index (χ3v) is 8.78. The predicted octanol–water partition coefficient (Wildman–Crippen LogP) is 4.93. The number of nitrogens with zero attached hydrogens (tertiary/aromatic N) is 2. The van der Waals surface area contributed by atoms with Crippen LogP contribution in [0.2, 0.25) is 0 Å². The van der Waals surface area contributed by atoms with Crippen molar-refractivity contribution in [3.05, 3.63) is 48.0 Å². The molecule has 0 radical (unpaired) electrons. The van der Waals surface area contributed by atoms with Crippen molar-refractivity contribution in [1.29, 1.82) is 0 Å². The number of amides is 2. The summed E-state index contributed by atoms with van der Waals surface area (Å²) >= 11 is 1.94. The second-order valence-corrected chi connectivity index (χ2v) is 10.4. The summed E-state index contributed by atoms with van der Waals surface area (Å²) in [4.78, 5) is 30.5. The lowest BCUT2D eigenvalue weighted by molar-refractivity contribution is -0.140. The van der Waals surface area contributed by atoms with Crippen LogP contribution in [-0.4, -0.2) is 51.9 Å². The van der Waals surface area contributed by atoms with Crippen LogP contribution >= 0.6 is 11.8 Å². The highest BCUT2D eigenvalue weighted by atomic mass is 32.2. The van der Waals surface area contributed by atoms with Gasteiger partial charge in [0.25, 0.3) is 5.91 Å². The molecule has 3 fully saturated rings. The van der Waals surface area contributed by atoms with Crippen LogP contribution in [-0.2, 0) is 4.79 Å². The number of hydrogen-bond acceptors (Lipinski definition) is 3. The molecule has 2 aromatic rings. The molecule has 4 nitrogen and oxygen atoms in total. The zero-order chi connectivity index (χ0) is 20.6. The second kappa shape index (κ2) is 8.26. The summed E-state index contributed by atoms with van der Waals surface area (Å²) in [5, 5.41) is 2.26. The first-order valence-corrected chi connectivity index (χ1v) is 12.4. The van der Waals surface area contributed by atoms with E-state index in [1.807, 2.05) is 47.0 Å². The highest BCUT2D eigenvalue weighted by Gasteiger charge is 2.48. The van der Waals surface area contributed by atoms with Gasteiger partial charge < -0.3 is 9.80 Å². The van der Waals surface area contributed by atoms with E-state index in [1.54, 1.807) is 0 Å². The van der Waals surface area contributed by atoms with Crippen molar-refractivity contribution in [2.45, 2.75) is 49.8 Å². The summed E-state index contributed by atoms with van der Waals surface area (Å²) in [6.07, 6.45) is 7.54. The van der Waals surface area contributed by atoms with Crippen LogP contribution in [0, 0.1) is 5.92 Å². The van der Waals surface area contributed by atoms with Crippen LogP contribution in [0.3, 0.4) is 0 Å². The van der Waals surface area contributed by atoms with E-state index in [-0.39, 0.29) is 16.7 Å². The third-order valence-electron chi connectivity index (χ3n) is 7.23. The van der Waals surface area contributed by atoms with E-state index in [2.05, 4.69) is 17.0 Å². The SMILES string of the molecule is O=C(c1ccc2ccccc2c1)N1CCC2(CC1)SCCN2C(=O)C1CCCCC1. The molecule has 5 rings (SSSR count). The Kier molecular flexibility index (Phi) is 5.48. The lowest BCUT2D eigenvalue weighted by Gasteiger charge is -2.45. The molecule has 0 N–H and O–H groups in total. The first-order valence-electron chi connectivity index (χ1n) is 11.4. The largest absolute Gasteiger partial charge is 0.338 e. The van der Waals surface area contributed by atoms with E-state index in [0.29, 0.717) is 5.91 Å². The molecule has 0 aromatic heterocycles. The minimum absolute atomic E-state index is 0.0886. The van der Waals surface area contributed by atoms with Gasteiger partial charge in [-0.2, -0.15) is 0 Å². The number of fused-ring (bicyclic) bond motifs is 1. The molecule has 2 saturated heterocycles. The van der Waals surface area contributed by atoms with Crippen LogP contribution in [0.4, 0.5) is 0 Å². The van der Waals surface area contributed by atoms with Crippen molar-refractivity contribution in [3.63, 3.8) is 0 Å². The molecule has 0 bridgehead atoms. The van der Waals surface area contributed by atoms with E-state index in [4.69, 9.17) is 0 Å². The quantitative estimate of drug-likeness (QED) is 0.689. The Balaban J connectivity index is 1.27. The van der Waals surface area contributed by atoms with E-state index >= 15 is 0 Å². The molecular formula is C25H30N2O2S. The summed E-state index contributed by atoms with van der Waals surface area (Å²) in [7, 11) is 0. The number of thioether (sulfide) groups is 1. The Morgan fingerprint density at radius 3 is 2.40 bits per heavy atom. The van der Waals surface area contributed by atoms with Crippen molar-refractivity contribution in [2.75, 3.05) is 25.4 Å². The molecule has 2 amide bonds. The monoisotopic (exact) mass is 422 g/mol. The standard InChI is InChI=1S/C25H30N2O2S/c28-23(22-11-10-19-6-4-5-9-21(19)18-22)26-14-12-25(13-15-26)27(16-17-30-25)24(29)20-7-2-1-3-8-20/h4-6,9-11,18,20H,1-3,7-8,12-17H2. The Morgan fingerprint density at radius 1 is 0.900 bits per heavy atom. The fourth-order valence-corrected chi connectivity index (χ4v) is 6.93. The maximum atomic E-state index is 13.3. The van der Waals surface area contributed by atoms with Gasteiger partial charge in [0.1, 0.15) is 0 Å². The van der Waals surface area contributed by atoms with Crippen LogP contribution in [0.25, 0.3) is 10.8 Å². The van der Waals surface area contributed by atoms with Gasteiger partial charge in [-0.15, -0.1) is 11.8 Å². The van der Waals surface area contributed by atoms with Crippen LogP contribution in [0.5, 0.6) is 0 Å². The Morgan fingerprint density at radius 2 is 1.63 bits per heavy atom. The molecule has 30 heavy (non-hydrogen) atoms. The average Bonchev–Trinajstić information content (AvgIpc) is 3.21. The van der Waals surface area contributed by atoms with Gasteiger partial charge in [0, 0.05) is 36.9 Å². The molecule has 1 saturated carbocycles. The number of rotatable bonds is 2. The van der Waals surface area contributed by atoms with Crippen LogP contribution in [0.1, 0.15) is 55.3 Å². The molecular weight excluding hydrogens is 392 g/mol. The molecule has 0 atom stereocenters. The molecule has 158 valence electrons. The highest BCUT2D eigenvalue weighted by Crippen LogP contribution is 2.45. The van der Waals surface area contributed by atoms with Gasteiger partial charge in [-0.25, -0.2) is 0 Å². The zero-order valence-electron chi connectivity index (χ0n) is 17.5. The number of hydrogen-bond donors (Lipinski definition) is 0. The average molecular weight is 423 g/mol. The van der Waals surface area contributed by atoms with Crippen molar-refractivity contribution in [1.82, 2.24) is 9.80 Å². The number of carbonyl (C=O) groups is 2. The van der Waals surface area contributed by atoms with Gasteiger partial charge in [-0.05, 0) is 48.6 Å². The lowest BCUT2D eigenvalue weighted by atomic mass is 9.87.